The Balaban J connectivity index is 1.68. The van der Waals surface area contributed by atoms with Crippen LogP contribution >= 0.6 is 11.6 Å². The molecule has 1 atom stereocenters. The summed E-state index contributed by atoms with van der Waals surface area (Å²) in [5, 5.41) is 13.4. The van der Waals surface area contributed by atoms with E-state index in [0.29, 0.717) is 22.2 Å². The second-order valence-corrected chi connectivity index (χ2v) is 6.01. The molecular weight excluding hydrogens is 340 g/mol. The molecule has 0 saturated carbocycles. The molecule has 0 fully saturated rings. The minimum absolute atomic E-state index is 0.0478. The van der Waals surface area contributed by atoms with Gasteiger partial charge in [0, 0.05) is 17.1 Å². The predicted octanol–water partition coefficient (Wildman–Crippen LogP) is 3.77. The highest BCUT2D eigenvalue weighted by molar-refractivity contribution is 6.30. The normalized spacial score (nSPS) is 12.0. The minimum atomic E-state index is -0.858. The van der Waals surface area contributed by atoms with Gasteiger partial charge in [0.05, 0.1) is 6.10 Å². The maximum Gasteiger partial charge on any atom is 0.273 e. The number of rotatable bonds is 5. The SMILES string of the molecule is Cc1oc(-c2ccccc2)nc1C(=O)NCC(O)c1cccc(Cl)c1. The molecule has 25 heavy (non-hydrogen) atoms. The van der Waals surface area contributed by atoms with Gasteiger partial charge in [0.25, 0.3) is 5.91 Å². The van der Waals surface area contributed by atoms with Crippen LogP contribution in [-0.2, 0) is 0 Å². The van der Waals surface area contributed by atoms with Crippen LogP contribution in [0.15, 0.2) is 59.0 Å². The third-order valence-corrected chi connectivity index (χ3v) is 3.96. The van der Waals surface area contributed by atoms with E-state index in [1.54, 1.807) is 31.2 Å². The molecule has 5 nitrogen and oxygen atoms in total. The topological polar surface area (TPSA) is 75.4 Å². The van der Waals surface area contributed by atoms with Gasteiger partial charge in [0.1, 0.15) is 5.76 Å². The van der Waals surface area contributed by atoms with Crippen molar-refractivity contribution in [2.45, 2.75) is 13.0 Å². The Kier molecular flexibility index (Phi) is 5.16. The quantitative estimate of drug-likeness (QED) is 0.729. The van der Waals surface area contributed by atoms with Crippen LogP contribution in [0.5, 0.6) is 0 Å². The molecule has 0 saturated heterocycles. The number of nitrogens with zero attached hydrogens (tertiary/aromatic N) is 1. The Morgan fingerprint density at radius 1 is 1.24 bits per heavy atom. The number of hydrogen-bond acceptors (Lipinski definition) is 4. The molecular formula is C19H17ClN2O3. The Labute approximate surface area is 150 Å². The van der Waals surface area contributed by atoms with E-state index >= 15 is 0 Å². The summed E-state index contributed by atoms with van der Waals surface area (Å²) in [5.74, 6) is 0.414. The van der Waals surface area contributed by atoms with Crippen LogP contribution in [0.25, 0.3) is 11.5 Å². The molecule has 0 spiro atoms. The van der Waals surface area contributed by atoms with Crippen LogP contribution in [0.4, 0.5) is 0 Å². The molecule has 2 N–H and O–H groups in total. The minimum Gasteiger partial charge on any atom is -0.441 e. The van der Waals surface area contributed by atoms with Crippen LogP contribution in [0.3, 0.4) is 0 Å². The molecule has 1 amide bonds. The third-order valence-electron chi connectivity index (χ3n) is 3.72. The van der Waals surface area contributed by atoms with Crippen LogP contribution in [-0.4, -0.2) is 22.5 Å². The number of hydrogen-bond donors (Lipinski definition) is 2. The van der Waals surface area contributed by atoms with Gasteiger partial charge in [-0.2, -0.15) is 0 Å². The van der Waals surface area contributed by atoms with Crippen LogP contribution < -0.4 is 5.32 Å². The standard InChI is InChI=1S/C19H17ClN2O3/c1-12-17(22-19(25-12)13-6-3-2-4-7-13)18(24)21-11-16(23)14-8-5-9-15(20)10-14/h2-10,16,23H,11H2,1H3,(H,21,24). The van der Waals surface area contributed by atoms with Gasteiger partial charge >= 0.3 is 0 Å². The van der Waals surface area contributed by atoms with Crippen molar-refractivity contribution in [3.63, 3.8) is 0 Å². The Morgan fingerprint density at radius 3 is 2.72 bits per heavy atom. The molecule has 3 rings (SSSR count). The molecule has 0 bridgehead atoms. The van der Waals surface area contributed by atoms with Gasteiger partial charge < -0.3 is 14.8 Å². The lowest BCUT2D eigenvalue weighted by Crippen LogP contribution is -2.29. The van der Waals surface area contributed by atoms with Crippen molar-refractivity contribution in [3.05, 3.63) is 76.6 Å². The van der Waals surface area contributed by atoms with Crippen LogP contribution in [0.1, 0.15) is 27.9 Å². The number of benzene rings is 2. The predicted molar refractivity (Wildman–Crippen MR) is 95.4 cm³/mol. The number of carbonyl (C=O) groups excluding carboxylic acids is 1. The van der Waals surface area contributed by atoms with Crippen molar-refractivity contribution in [2.75, 3.05) is 6.54 Å². The number of carbonyl (C=O) groups is 1. The van der Waals surface area contributed by atoms with Crippen molar-refractivity contribution in [1.29, 1.82) is 0 Å². The highest BCUT2D eigenvalue weighted by Gasteiger charge is 2.19. The molecule has 2 aromatic carbocycles. The van der Waals surface area contributed by atoms with E-state index in [0.717, 1.165) is 5.56 Å². The second kappa shape index (κ2) is 7.51. The zero-order chi connectivity index (χ0) is 17.8. The summed E-state index contributed by atoms with van der Waals surface area (Å²) in [7, 11) is 0. The van der Waals surface area contributed by atoms with Crippen molar-refractivity contribution >= 4 is 17.5 Å². The van der Waals surface area contributed by atoms with E-state index in [-0.39, 0.29) is 12.2 Å². The first-order valence-electron chi connectivity index (χ1n) is 7.79. The molecule has 1 heterocycles. The number of aliphatic hydroxyl groups is 1. The summed E-state index contributed by atoms with van der Waals surface area (Å²) in [6.07, 6.45) is -0.858. The first kappa shape index (κ1) is 17.2. The van der Waals surface area contributed by atoms with Crippen molar-refractivity contribution in [3.8, 4) is 11.5 Å². The molecule has 0 aliphatic carbocycles. The van der Waals surface area contributed by atoms with Gasteiger partial charge in [0.2, 0.25) is 5.89 Å². The van der Waals surface area contributed by atoms with E-state index in [1.807, 2.05) is 30.3 Å². The van der Waals surface area contributed by atoms with Gasteiger partial charge in [-0.3, -0.25) is 4.79 Å². The number of nitrogens with one attached hydrogen (secondary N) is 1. The van der Waals surface area contributed by atoms with Gasteiger partial charge in [0.15, 0.2) is 5.69 Å². The van der Waals surface area contributed by atoms with E-state index in [9.17, 15) is 9.90 Å². The molecule has 6 heteroatoms. The molecule has 3 aromatic rings. The van der Waals surface area contributed by atoms with Crippen molar-refractivity contribution < 1.29 is 14.3 Å². The highest BCUT2D eigenvalue weighted by atomic mass is 35.5. The van der Waals surface area contributed by atoms with Crippen LogP contribution in [0.2, 0.25) is 5.02 Å². The average molecular weight is 357 g/mol. The number of aromatic nitrogens is 1. The maximum absolute atomic E-state index is 12.3. The average Bonchev–Trinajstić information content (AvgIpc) is 3.02. The summed E-state index contributed by atoms with van der Waals surface area (Å²) in [5.41, 5.74) is 1.63. The number of aliphatic hydroxyl groups excluding tert-OH is 1. The van der Waals surface area contributed by atoms with E-state index in [1.165, 1.54) is 0 Å². The van der Waals surface area contributed by atoms with Crippen molar-refractivity contribution in [1.82, 2.24) is 10.3 Å². The lowest BCUT2D eigenvalue weighted by molar-refractivity contribution is 0.0910. The van der Waals surface area contributed by atoms with Crippen molar-refractivity contribution in [2.24, 2.45) is 0 Å². The largest absolute Gasteiger partial charge is 0.441 e. The number of aryl methyl sites for hydroxylation is 1. The highest BCUT2D eigenvalue weighted by Crippen LogP contribution is 2.22. The van der Waals surface area contributed by atoms with Gasteiger partial charge in [-0.15, -0.1) is 0 Å². The second-order valence-electron chi connectivity index (χ2n) is 5.57. The number of halogens is 1. The lowest BCUT2D eigenvalue weighted by Gasteiger charge is -2.12. The molecule has 0 aliphatic rings. The lowest BCUT2D eigenvalue weighted by atomic mass is 10.1. The van der Waals surface area contributed by atoms with E-state index in [4.69, 9.17) is 16.0 Å². The Bertz CT molecular complexity index is 877. The zero-order valence-electron chi connectivity index (χ0n) is 13.6. The molecule has 0 aliphatic heterocycles. The summed E-state index contributed by atoms with van der Waals surface area (Å²) in [4.78, 5) is 16.6. The Hall–Kier alpha value is -2.63. The summed E-state index contributed by atoms with van der Waals surface area (Å²) in [6, 6.07) is 16.2. The zero-order valence-corrected chi connectivity index (χ0v) is 14.3. The fourth-order valence-corrected chi connectivity index (χ4v) is 2.61. The fraction of sp³-hybridized carbons (Fsp3) is 0.158. The first-order valence-corrected chi connectivity index (χ1v) is 8.17. The monoisotopic (exact) mass is 356 g/mol. The maximum atomic E-state index is 12.3. The fourth-order valence-electron chi connectivity index (χ4n) is 2.42. The summed E-state index contributed by atoms with van der Waals surface area (Å²) >= 11 is 5.91. The first-order chi connectivity index (χ1) is 12.0. The molecule has 1 unspecified atom stereocenters. The summed E-state index contributed by atoms with van der Waals surface area (Å²) in [6.45, 7) is 1.73. The van der Waals surface area contributed by atoms with E-state index in [2.05, 4.69) is 10.3 Å². The molecule has 1 aromatic heterocycles. The molecule has 0 radical (unpaired) electrons. The van der Waals surface area contributed by atoms with Gasteiger partial charge in [-0.1, -0.05) is 41.9 Å². The van der Waals surface area contributed by atoms with Gasteiger partial charge in [-0.05, 0) is 36.8 Å². The smallest absolute Gasteiger partial charge is 0.273 e. The van der Waals surface area contributed by atoms with Crippen LogP contribution in [0, 0.1) is 6.92 Å². The Morgan fingerprint density at radius 2 is 2.00 bits per heavy atom. The van der Waals surface area contributed by atoms with E-state index < -0.39 is 12.0 Å². The molecule has 128 valence electrons. The summed E-state index contributed by atoms with van der Waals surface area (Å²) < 4.78 is 5.58. The number of oxazole rings is 1. The van der Waals surface area contributed by atoms with Gasteiger partial charge in [-0.25, -0.2) is 4.98 Å². The number of amides is 1. The third kappa shape index (κ3) is 4.07.